The van der Waals surface area contributed by atoms with Gasteiger partial charge in [-0.05, 0) is 54.9 Å². The number of hydrogen-bond donors (Lipinski definition) is 1. The molecule has 5 nitrogen and oxygen atoms in total. The van der Waals surface area contributed by atoms with Crippen molar-refractivity contribution in [2.45, 2.75) is 46.5 Å². The van der Waals surface area contributed by atoms with Gasteiger partial charge in [0.25, 0.3) is 11.8 Å². The van der Waals surface area contributed by atoms with Crippen LogP contribution in [0.25, 0.3) is 0 Å². The molecule has 0 radical (unpaired) electrons. The molecule has 28 heavy (non-hydrogen) atoms. The predicted molar refractivity (Wildman–Crippen MR) is 112 cm³/mol. The van der Waals surface area contributed by atoms with Crippen LogP contribution < -0.4 is 5.32 Å². The summed E-state index contributed by atoms with van der Waals surface area (Å²) in [7, 11) is 0. The van der Waals surface area contributed by atoms with Crippen molar-refractivity contribution in [3.63, 3.8) is 0 Å². The zero-order chi connectivity index (χ0) is 20.1. The number of pyridine rings is 1. The zero-order valence-corrected chi connectivity index (χ0v) is 17.0. The normalized spacial score (nSPS) is 16.7. The fourth-order valence-corrected chi connectivity index (χ4v) is 3.81. The Hall–Kier alpha value is -2.69. The maximum atomic E-state index is 12.9. The Morgan fingerprint density at radius 1 is 1.18 bits per heavy atom. The number of para-hydroxylation sites is 1. The van der Waals surface area contributed by atoms with Crippen LogP contribution >= 0.6 is 0 Å². The maximum absolute atomic E-state index is 12.9. The molecule has 3 rings (SSSR count). The number of amides is 2. The SMILES string of the molecule is CCc1cccc(CC)c1NC(=O)c1ccnc(C(=O)N2CCCC(C)C2)c1. The van der Waals surface area contributed by atoms with E-state index in [1.54, 1.807) is 18.3 Å². The molecular weight excluding hydrogens is 350 g/mol. The highest BCUT2D eigenvalue weighted by Gasteiger charge is 2.23. The van der Waals surface area contributed by atoms with Gasteiger partial charge in [0.15, 0.2) is 0 Å². The lowest BCUT2D eigenvalue weighted by Gasteiger charge is -2.30. The van der Waals surface area contributed by atoms with Crippen molar-refractivity contribution in [1.29, 1.82) is 0 Å². The molecule has 1 fully saturated rings. The first-order valence-corrected chi connectivity index (χ1v) is 10.2. The summed E-state index contributed by atoms with van der Waals surface area (Å²) in [5, 5.41) is 3.06. The third-order valence-electron chi connectivity index (χ3n) is 5.42. The molecule has 1 atom stereocenters. The van der Waals surface area contributed by atoms with Crippen LogP contribution in [0.3, 0.4) is 0 Å². The number of rotatable bonds is 5. The van der Waals surface area contributed by atoms with E-state index in [1.165, 1.54) is 0 Å². The van der Waals surface area contributed by atoms with Crippen LogP contribution in [0.15, 0.2) is 36.5 Å². The summed E-state index contributed by atoms with van der Waals surface area (Å²) in [5.74, 6) is 0.200. The molecule has 1 unspecified atom stereocenters. The van der Waals surface area contributed by atoms with Gasteiger partial charge in [0, 0.05) is 30.5 Å². The highest BCUT2D eigenvalue weighted by molar-refractivity contribution is 6.06. The fourth-order valence-electron chi connectivity index (χ4n) is 3.81. The molecule has 0 bridgehead atoms. The molecule has 2 amide bonds. The molecule has 2 aromatic rings. The summed E-state index contributed by atoms with van der Waals surface area (Å²) in [6.45, 7) is 7.82. The van der Waals surface area contributed by atoms with Crippen LogP contribution in [0.5, 0.6) is 0 Å². The van der Waals surface area contributed by atoms with Crippen LogP contribution in [0.4, 0.5) is 5.69 Å². The highest BCUT2D eigenvalue weighted by atomic mass is 16.2. The van der Waals surface area contributed by atoms with Crippen molar-refractivity contribution >= 4 is 17.5 Å². The Bertz CT molecular complexity index is 840. The number of hydrogen-bond acceptors (Lipinski definition) is 3. The first-order chi connectivity index (χ1) is 13.5. The monoisotopic (exact) mass is 379 g/mol. The van der Waals surface area contributed by atoms with Crippen molar-refractivity contribution in [3.8, 4) is 0 Å². The average Bonchev–Trinajstić information content (AvgIpc) is 2.73. The van der Waals surface area contributed by atoms with Gasteiger partial charge in [-0.1, -0.05) is 39.0 Å². The van der Waals surface area contributed by atoms with Crippen LogP contribution in [0.2, 0.25) is 0 Å². The minimum atomic E-state index is -0.209. The van der Waals surface area contributed by atoms with Crippen LogP contribution in [0.1, 0.15) is 65.6 Å². The molecule has 0 spiro atoms. The standard InChI is InChI=1S/C23H29N3O2/c1-4-17-9-6-10-18(5-2)21(17)25-22(27)19-11-12-24-20(14-19)23(28)26-13-7-8-16(3)15-26/h6,9-12,14,16H,4-5,7-8,13,15H2,1-3H3,(H,25,27). The van der Waals surface area contributed by atoms with E-state index in [9.17, 15) is 9.59 Å². The number of aryl methyl sites for hydroxylation is 2. The molecule has 1 aliphatic heterocycles. The van der Waals surface area contributed by atoms with Crippen LogP contribution in [-0.4, -0.2) is 34.8 Å². The summed E-state index contributed by atoms with van der Waals surface area (Å²) >= 11 is 0. The van der Waals surface area contributed by atoms with Gasteiger partial charge in [0.1, 0.15) is 5.69 Å². The third kappa shape index (κ3) is 4.41. The van der Waals surface area contributed by atoms with E-state index in [4.69, 9.17) is 0 Å². The van der Waals surface area contributed by atoms with E-state index in [-0.39, 0.29) is 11.8 Å². The Morgan fingerprint density at radius 3 is 2.54 bits per heavy atom. The van der Waals surface area contributed by atoms with Gasteiger partial charge in [0.2, 0.25) is 0 Å². The second kappa shape index (κ2) is 9.00. The molecule has 0 saturated carbocycles. The van der Waals surface area contributed by atoms with E-state index in [2.05, 4.69) is 31.1 Å². The van der Waals surface area contributed by atoms with E-state index in [0.29, 0.717) is 17.2 Å². The van der Waals surface area contributed by atoms with Crippen molar-refractivity contribution in [1.82, 2.24) is 9.88 Å². The van der Waals surface area contributed by atoms with Crippen molar-refractivity contribution < 1.29 is 9.59 Å². The quantitative estimate of drug-likeness (QED) is 0.841. The summed E-state index contributed by atoms with van der Waals surface area (Å²) in [5.41, 5.74) is 3.89. The van der Waals surface area contributed by atoms with Gasteiger partial charge in [-0.25, -0.2) is 0 Å². The lowest BCUT2D eigenvalue weighted by Crippen LogP contribution is -2.39. The van der Waals surface area contributed by atoms with Gasteiger partial charge in [0.05, 0.1) is 0 Å². The number of piperidine rings is 1. The Labute approximate surface area is 167 Å². The van der Waals surface area contributed by atoms with Crippen molar-refractivity contribution in [2.75, 3.05) is 18.4 Å². The molecule has 1 aromatic carbocycles. The number of aromatic nitrogens is 1. The van der Waals surface area contributed by atoms with E-state index >= 15 is 0 Å². The fraction of sp³-hybridized carbons (Fsp3) is 0.435. The number of nitrogens with one attached hydrogen (secondary N) is 1. The minimum Gasteiger partial charge on any atom is -0.337 e. The number of carbonyl (C=O) groups is 2. The van der Waals surface area contributed by atoms with Gasteiger partial charge >= 0.3 is 0 Å². The number of likely N-dealkylation sites (tertiary alicyclic amines) is 1. The second-order valence-corrected chi connectivity index (χ2v) is 7.54. The lowest BCUT2D eigenvalue weighted by atomic mass is 10.00. The van der Waals surface area contributed by atoms with Gasteiger partial charge in [-0.2, -0.15) is 0 Å². The van der Waals surface area contributed by atoms with Crippen LogP contribution in [0, 0.1) is 5.92 Å². The Kier molecular flexibility index (Phi) is 6.45. The van der Waals surface area contributed by atoms with Gasteiger partial charge in [-0.15, -0.1) is 0 Å². The molecule has 1 aliphatic rings. The van der Waals surface area contributed by atoms with Gasteiger partial charge in [-0.3, -0.25) is 14.6 Å². The second-order valence-electron chi connectivity index (χ2n) is 7.54. The molecule has 2 heterocycles. The van der Waals surface area contributed by atoms with Crippen LogP contribution in [-0.2, 0) is 12.8 Å². The van der Waals surface area contributed by atoms with Gasteiger partial charge < -0.3 is 10.2 Å². The Balaban J connectivity index is 1.81. The molecular formula is C23H29N3O2. The summed E-state index contributed by atoms with van der Waals surface area (Å²) in [6, 6.07) is 9.36. The molecule has 0 aliphatic carbocycles. The largest absolute Gasteiger partial charge is 0.337 e. The number of anilines is 1. The molecule has 148 valence electrons. The Morgan fingerprint density at radius 2 is 1.89 bits per heavy atom. The summed E-state index contributed by atoms with van der Waals surface area (Å²) in [6.07, 6.45) is 5.40. The zero-order valence-electron chi connectivity index (χ0n) is 17.0. The summed E-state index contributed by atoms with van der Waals surface area (Å²) in [4.78, 5) is 31.8. The minimum absolute atomic E-state index is 0.0931. The first-order valence-electron chi connectivity index (χ1n) is 10.2. The maximum Gasteiger partial charge on any atom is 0.272 e. The molecule has 1 saturated heterocycles. The average molecular weight is 380 g/mol. The molecule has 5 heteroatoms. The highest BCUT2D eigenvalue weighted by Crippen LogP contribution is 2.23. The number of benzene rings is 1. The van der Waals surface area contributed by atoms with E-state index in [1.807, 2.05) is 23.1 Å². The summed E-state index contributed by atoms with van der Waals surface area (Å²) < 4.78 is 0. The first kappa shape index (κ1) is 20.1. The third-order valence-corrected chi connectivity index (χ3v) is 5.42. The number of nitrogens with zero attached hydrogens (tertiary/aromatic N) is 2. The predicted octanol–water partition coefficient (Wildman–Crippen LogP) is 4.33. The molecule has 1 aromatic heterocycles. The van der Waals surface area contributed by atoms with E-state index in [0.717, 1.165) is 55.6 Å². The van der Waals surface area contributed by atoms with Crippen molar-refractivity contribution in [3.05, 3.63) is 58.9 Å². The number of carbonyl (C=O) groups excluding carboxylic acids is 2. The topological polar surface area (TPSA) is 62.3 Å². The smallest absolute Gasteiger partial charge is 0.272 e. The van der Waals surface area contributed by atoms with E-state index < -0.39 is 0 Å². The molecule has 1 N–H and O–H groups in total. The lowest BCUT2D eigenvalue weighted by molar-refractivity contribution is 0.0677. The van der Waals surface area contributed by atoms with Crippen molar-refractivity contribution in [2.24, 2.45) is 5.92 Å².